The first-order chi connectivity index (χ1) is 16.1. The molecule has 0 bridgehead atoms. The van der Waals surface area contributed by atoms with E-state index in [0.717, 1.165) is 44.8 Å². The second kappa shape index (κ2) is 9.96. The molecule has 0 unspecified atom stereocenters. The minimum absolute atomic E-state index is 0.0273. The Morgan fingerprint density at radius 1 is 1.15 bits per heavy atom. The quantitative estimate of drug-likeness (QED) is 0.594. The van der Waals surface area contributed by atoms with Gasteiger partial charge in [0.2, 0.25) is 0 Å². The molecule has 1 aromatic heterocycles. The Balaban J connectivity index is 1.71. The molecule has 0 spiro atoms. The van der Waals surface area contributed by atoms with Gasteiger partial charge in [0.25, 0.3) is 0 Å². The number of aromatic nitrogens is 1. The summed E-state index contributed by atoms with van der Waals surface area (Å²) in [7, 11) is 2.12. The Hall–Kier alpha value is -2.58. The van der Waals surface area contributed by atoms with Crippen LogP contribution in [0.2, 0.25) is 5.02 Å². The zero-order valence-corrected chi connectivity index (χ0v) is 21.1. The highest BCUT2D eigenvalue weighted by Gasteiger charge is 2.37. The number of rotatable bonds is 4. The van der Waals surface area contributed by atoms with Gasteiger partial charge in [-0.05, 0) is 71.0 Å². The van der Waals surface area contributed by atoms with E-state index in [9.17, 15) is 9.18 Å². The van der Waals surface area contributed by atoms with Crippen molar-refractivity contribution in [1.82, 2.24) is 14.8 Å². The van der Waals surface area contributed by atoms with Crippen LogP contribution in [0.5, 0.6) is 0 Å². The molecule has 0 N–H and O–H groups in total. The normalized spacial score (nSPS) is 19.4. The van der Waals surface area contributed by atoms with Crippen molar-refractivity contribution in [2.45, 2.75) is 45.4 Å². The Bertz CT molecular complexity index is 1020. The molecule has 184 valence electrons. The van der Waals surface area contributed by atoms with E-state index in [1.165, 1.54) is 6.07 Å². The molecule has 2 saturated heterocycles. The van der Waals surface area contributed by atoms with E-state index in [4.69, 9.17) is 21.3 Å². The number of ether oxygens (including phenoxy) is 1. The van der Waals surface area contributed by atoms with Gasteiger partial charge in [-0.2, -0.15) is 0 Å². The molecule has 0 radical (unpaired) electrons. The minimum atomic E-state index is -0.603. The second-order valence-electron chi connectivity index (χ2n) is 9.91. The van der Waals surface area contributed by atoms with E-state index in [0.29, 0.717) is 18.1 Å². The summed E-state index contributed by atoms with van der Waals surface area (Å²) in [6.07, 6.45) is 0.859. The molecule has 34 heavy (non-hydrogen) atoms. The van der Waals surface area contributed by atoms with Crippen LogP contribution < -0.4 is 9.80 Å². The number of piperazine rings is 1. The Labute approximate surface area is 206 Å². The molecule has 4 rings (SSSR count). The Kier molecular flexibility index (Phi) is 7.19. The zero-order valence-electron chi connectivity index (χ0n) is 20.3. The monoisotopic (exact) mass is 489 g/mol. The van der Waals surface area contributed by atoms with E-state index in [1.54, 1.807) is 17.0 Å². The van der Waals surface area contributed by atoms with Crippen molar-refractivity contribution in [2.75, 3.05) is 49.6 Å². The lowest BCUT2D eigenvalue weighted by molar-refractivity contribution is 0.0230. The summed E-state index contributed by atoms with van der Waals surface area (Å²) in [4.78, 5) is 26.3. The van der Waals surface area contributed by atoms with E-state index < -0.39 is 11.4 Å². The fourth-order valence-corrected chi connectivity index (χ4v) is 4.58. The van der Waals surface area contributed by atoms with E-state index >= 15 is 0 Å². The highest BCUT2D eigenvalue weighted by atomic mass is 35.5. The molecule has 1 atom stereocenters. The highest BCUT2D eigenvalue weighted by Crippen LogP contribution is 2.36. The van der Waals surface area contributed by atoms with Crippen molar-refractivity contribution in [3.63, 3.8) is 0 Å². The topological polar surface area (TPSA) is 52.2 Å². The molecule has 2 fully saturated rings. The first-order valence-corrected chi connectivity index (χ1v) is 12.1. The third-order valence-electron chi connectivity index (χ3n) is 6.12. The van der Waals surface area contributed by atoms with Crippen LogP contribution in [-0.2, 0) is 4.74 Å². The van der Waals surface area contributed by atoms with Gasteiger partial charge >= 0.3 is 6.09 Å². The molecule has 9 heteroatoms. The number of hydrogen-bond acceptors (Lipinski definition) is 6. The van der Waals surface area contributed by atoms with Crippen LogP contribution in [0.15, 0.2) is 36.4 Å². The fourth-order valence-electron chi connectivity index (χ4n) is 4.40. The molecular weight excluding hydrogens is 457 g/mol. The van der Waals surface area contributed by atoms with Gasteiger partial charge in [-0.1, -0.05) is 17.7 Å². The van der Waals surface area contributed by atoms with Gasteiger partial charge < -0.3 is 19.4 Å². The summed E-state index contributed by atoms with van der Waals surface area (Å²) >= 11 is 6.16. The van der Waals surface area contributed by atoms with Gasteiger partial charge in [-0.25, -0.2) is 14.2 Å². The standard InChI is InChI=1S/C25H33ClFN5O2/c1-25(2,3)34-24(33)31-12-6-9-23(31)32(18-10-11-20(27)19(26)17-18)22-8-5-7-21(28-22)30-15-13-29(4)14-16-30/h5,7-8,10-11,17,23H,6,9,12-16H2,1-4H3/t23-/m1/s1. The summed E-state index contributed by atoms with van der Waals surface area (Å²) in [5, 5.41) is 0.0273. The van der Waals surface area contributed by atoms with Crippen molar-refractivity contribution in [2.24, 2.45) is 0 Å². The van der Waals surface area contributed by atoms with Gasteiger partial charge in [-0.3, -0.25) is 4.90 Å². The zero-order chi connectivity index (χ0) is 24.5. The number of nitrogens with zero attached hydrogens (tertiary/aromatic N) is 5. The summed E-state index contributed by atoms with van der Waals surface area (Å²) < 4.78 is 19.7. The SMILES string of the molecule is CN1CCN(c2cccc(N(c3ccc(F)c(Cl)c3)[C@@H]3CCCN3C(=O)OC(C)(C)C)n2)CC1. The average molecular weight is 490 g/mol. The molecular formula is C25H33ClFN5O2. The van der Waals surface area contributed by atoms with Crippen LogP contribution in [0.4, 0.5) is 26.5 Å². The molecule has 1 amide bonds. The van der Waals surface area contributed by atoms with Crippen LogP contribution in [0.25, 0.3) is 0 Å². The van der Waals surface area contributed by atoms with E-state index in [1.807, 2.05) is 43.9 Å². The number of likely N-dealkylation sites (N-methyl/N-ethyl adjacent to an activating group) is 1. The van der Waals surface area contributed by atoms with E-state index in [2.05, 4.69) is 16.8 Å². The number of likely N-dealkylation sites (tertiary alicyclic amines) is 1. The largest absolute Gasteiger partial charge is 0.444 e. The summed E-state index contributed by atoms with van der Waals surface area (Å²) in [6.45, 7) is 9.86. The van der Waals surface area contributed by atoms with Crippen molar-refractivity contribution in [1.29, 1.82) is 0 Å². The maximum absolute atomic E-state index is 14.0. The maximum Gasteiger partial charge on any atom is 0.411 e. The van der Waals surface area contributed by atoms with Crippen LogP contribution in [-0.4, -0.2) is 72.4 Å². The van der Waals surface area contributed by atoms with Crippen LogP contribution in [0, 0.1) is 5.82 Å². The highest BCUT2D eigenvalue weighted by molar-refractivity contribution is 6.31. The third kappa shape index (κ3) is 5.55. The van der Waals surface area contributed by atoms with Crippen LogP contribution in [0.3, 0.4) is 0 Å². The lowest BCUT2D eigenvalue weighted by atomic mass is 10.2. The Morgan fingerprint density at radius 2 is 1.88 bits per heavy atom. The molecule has 2 aliphatic heterocycles. The fraction of sp³-hybridized carbons (Fsp3) is 0.520. The number of carbonyl (C=O) groups excluding carboxylic acids is 1. The first kappa shape index (κ1) is 24.5. The first-order valence-electron chi connectivity index (χ1n) is 11.8. The number of carbonyl (C=O) groups is 1. The number of halogens is 2. The summed E-state index contributed by atoms with van der Waals surface area (Å²) in [5.74, 6) is 1.07. The van der Waals surface area contributed by atoms with Gasteiger partial charge in [0.1, 0.15) is 29.2 Å². The maximum atomic E-state index is 14.0. The Morgan fingerprint density at radius 3 is 2.56 bits per heavy atom. The number of amides is 1. The predicted molar refractivity (Wildman–Crippen MR) is 133 cm³/mol. The number of hydrogen-bond donors (Lipinski definition) is 0. The van der Waals surface area contributed by atoms with Crippen molar-refractivity contribution >= 4 is 35.0 Å². The smallest absolute Gasteiger partial charge is 0.411 e. The van der Waals surface area contributed by atoms with Gasteiger partial charge in [0.15, 0.2) is 0 Å². The molecule has 1 aromatic carbocycles. The minimum Gasteiger partial charge on any atom is -0.444 e. The van der Waals surface area contributed by atoms with Gasteiger partial charge in [0, 0.05) is 38.4 Å². The van der Waals surface area contributed by atoms with Gasteiger partial charge in [0.05, 0.1) is 5.02 Å². The van der Waals surface area contributed by atoms with Crippen molar-refractivity contribution < 1.29 is 13.9 Å². The molecule has 3 heterocycles. The average Bonchev–Trinajstić information content (AvgIpc) is 3.26. The van der Waals surface area contributed by atoms with Crippen LogP contribution in [0.1, 0.15) is 33.6 Å². The van der Waals surface area contributed by atoms with E-state index in [-0.39, 0.29) is 17.3 Å². The second-order valence-corrected chi connectivity index (χ2v) is 10.3. The lowest BCUT2D eigenvalue weighted by Gasteiger charge is -2.38. The predicted octanol–water partition coefficient (Wildman–Crippen LogP) is 5.12. The summed E-state index contributed by atoms with van der Waals surface area (Å²) in [6, 6.07) is 10.5. The molecule has 2 aromatic rings. The summed E-state index contributed by atoms with van der Waals surface area (Å²) in [5.41, 5.74) is 0.0725. The van der Waals surface area contributed by atoms with Crippen molar-refractivity contribution in [3.8, 4) is 0 Å². The third-order valence-corrected chi connectivity index (χ3v) is 6.41. The number of anilines is 3. The molecule has 7 nitrogen and oxygen atoms in total. The molecule has 0 saturated carbocycles. The van der Waals surface area contributed by atoms with Crippen LogP contribution >= 0.6 is 11.6 Å². The van der Waals surface area contributed by atoms with Crippen molar-refractivity contribution in [3.05, 3.63) is 47.2 Å². The molecule has 2 aliphatic rings. The lowest BCUT2D eigenvalue weighted by Crippen LogP contribution is -2.48. The van der Waals surface area contributed by atoms with Gasteiger partial charge in [-0.15, -0.1) is 0 Å². The number of benzene rings is 1. The number of pyridine rings is 1. The molecule has 0 aliphatic carbocycles.